The van der Waals surface area contributed by atoms with Crippen LogP contribution < -0.4 is 33.6 Å². The Morgan fingerprint density at radius 1 is 0.477 bits per heavy atom. The molecule has 0 saturated heterocycles. The van der Waals surface area contributed by atoms with E-state index in [9.17, 15) is 0 Å². The summed E-state index contributed by atoms with van der Waals surface area (Å²) in [6.45, 7) is 8.68. The first-order valence-electron chi connectivity index (χ1n) is 14.8. The Morgan fingerprint density at radius 2 is 0.818 bits per heavy atom. The van der Waals surface area contributed by atoms with Crippen molar-refractivity contribution in [2.45, 2.75) is 40.5 Å². The summed E-state index contributed by atoms with van der Waals surface area (Å²) in [6, 6.07) is 52.5. The zero-order valence-electron chi connectivity index (χ0n) is 26.0. The van der Waals surface area contributed by atoms with Crippen LogP contribution in [0.15, 0.2) is 146 Å². The van der Waals surface area contributed by atoms with Crippen LogP contribution in [0.25, 0.3) is 22.3 Å². The zero-order valence-corrected chi connectivity index (χ0v) is 33.2. The van der Waals surface area contributed by atoms with Crippen LogP contribution in [0.1, 0.15) is 36.1 Å². The fourth-order valence-corrected chi connectivity index (χ4v) is 14.0. The third kappa shape index (κ3) is 10.9. The minimum absolute atomic E-state index is 0. The van der Waals surface area contributed by atoms with Crippen molar-refractivity contribution in [3.8, 4) is 22.3 Å². The first-order valence-corrected chi connectivity index (χ1v) is 27.3. The Kier molecular flexibility index (Phi) is 17.0. The van der Waals surface area contributed by atoms with Crippen LogP contribution in [0.2, 0.25) is 0 Å². The Balaban J connectivity index is 0.000000225. The van der Waals surface area contributed by atoms with Gasteiger partial charge in [-0.1, -0.05) is 74.2 Å². The van der Waals surface area contributed by atoms with E-state index in [1.165, 1.54) is 65.8 Å². The predicted molar refractivity (Wildman–Crippen MR) is 181 cm³/mol. The summed E-state index contributed by atoms with van der Waals surface area (Å²) in [4.78, 5) is 0. The van der Waals surface area contributed by atoms with Gasteiger partial charge in [0.2, 0.25) is 0 Å². The van der Waals surface area contributed by atoms with Gasteiger partial charge in [-0.2, -0.15) is 12.1 Å². The molecule has 0 heterocycles. The Morgan fingerprint density at radius 3 is 1.09 bits per heavy atom. The van der Waals surface area contributed by atoms with Crippen LogP contribution in [0.5, 0.6) is 0 Å². The minimum atomic E-state index is -1.06. The fraction of sp³-hybridized carbons (Fsp3) is 0.150. The average Bonchev–Trinajstić information content (AvgIpc) is 3.70. The van der Waals surface area contributed by atoms with Gasteiger partial charge in [-0.15, -0.1) is 70.8 Å². The van der Waals surface area contributed by atoms with Gasteiger partial charge in [-0.3, -0.25) is 0 Å². The standard InChI is InChI=1S/2C14H15.C12H10Ge.2ClH.Hf/c2*1-3-12-7-9-13(10-8-12)14-6-4-5-11(14)2;1-3-7-11(8-4-1)13-12-9-5-2-6-10-12;;;/h2*4-10H,3H2,1-2H3;1-10H;2*1H;/q2*-1;;;;+2/p-2. The van der Waals surface area contributed by atoms with Crippen LogP contribution in [0.3, 0.4) is 0 Å². The van der Waals surface area contributed by atoms with Crippen molar-refractivity contribution in [2.75, 3.05) is 0 Å². The summed E-state index contributed by atoms with van der Waals surface area (Å²) in [5.41, 5.74) is 10.9. The summed E-state index contributed by atoms with van der Waals surface area (Å²) in [6.07, 6.45) is 2.22. The molecule has 0 aliphatic heterocycles. The summed E-state index contributed by atoms with van der Waals surface area (Å²) in [7, 11) is -1.06. The summed E-state index contributed by atoms with van der Waals surface area (Å²) in [5.74, 6) is 0. The molecule has 0 atom stereocenters. The Labute approximate surface area is 293 Å². The summed E-state index contributed by atoms with van der Waals surface area (Å²) >= 11 is 1.33. The maximum absolute atomic E-state index is 2.29. The Bertz CT molecular complexity index is 1520. The van der Waals surface area contributed by atoms with E-state index in [4.69, 9.17) is 0 Å². The zero-order chi connectivity index (χ0) is 29.7. The van der Waals surface area contributed by atoms with Crippen molar-refractivity contribution < 1.29 is 46.1 Å². The molecule has 6 aromatic rings. The first-order chi connectivity index (χ1) is 20.5. The van der Waals surface area contributed by atoms with Gasteiger partial charge in [-0.05, 0) is 12.8 Å². The molecule has 0 bridgehead atoms. The second-order valence-corrected chi connectivity index (χ2v) is 23.8. The van der Waals surface area contributed by atoms with Crippen LogP contribution in [0, 0.1) is 13.8 Å². The van der Waals surface area contributed by atoms with E-state index in [0.29, 0.717) is 0 Å². The van der Waals surface area contributed by atoms with Gasteiger partial charge in [0, 0.05) is 0 Å². The molecule has 0 aromatic heterocycles. The maximum atomic E-state index is 2.29. The van der Waals surface area contributed by atoms with Gasteiger partial charge in [-0.25, -0.2) is 0 Å². The molecular weight excluding hydrogens is 802 g/mol. The Hall–Kier alpha value is -2.43. The van der Waals surface area contributed by atoms with Crippen molar-refractivity contribution in [2.24, 2.45) is 0 Å². The second kappa shape index (κ2) is 19.9. The van der Waals surface area contributed by atoms with E-state index in [0.717, 1.165) is 12.8 Å². The summed E-state index contributed by atoms with van der Waals surface area (Å²) in [5, 5.41) is 0. The molecule has 6 rings (SSSR count). The van der Waals surface area contributed by atoms with Crippen LogP contribution in [-0.2, 0) is 34.1 Å². The molecule has 0 amide bonds. The number of halogens is 2. The number of hydrogen-bond donors (Lipinski definition) is 0. The van der Waals surface area contributed by atoms with E-state index in [1.54, 1.807) is 8.79 Å². The van der Waals surface area contributed by atoms with Crippen LogP contribution in [0.4, 0.5) is 0 Å². The molecule has 0 aliphatic carbocycles. The van der Waals surface area contributed by atoms with Gasteiger partial charge in [0.25, 0.3) is 0 Å². The molecule has 4 heteroatoms. The number of aryl methyl sites for hydroxylation is 4. The van der Waals surface area contributed by atoms with E-state index >= 15 is 0 Å². The van der Waals surface area contributed by atoms with E-state index in [-0.39, 0.29) is 24.8 Å². The molecule has 0 fully saturated rings. The monoisotopic (exact) mass is 844 g/mol. The molecule has 0 N–H and O–H groups in total. The van der Waals surface area contributed by atoms with E-state index in [2.05, 4.69) is 173 Å². The van der Waals surface area contributed by atoms with Crippen LogP contribution in [-0.4, -0.2) is 10.1 Å². The second-order valence-electron chi connectivity index (χ2n) is 10.5. The first kappa shape index (κ1) is 37.8. The SMILES string of the molecule is CCc1ccc(-[c-]2cccc2C)cc1.CCc1ccc(-[c-]2cccc2C)cc1.[Cl-].[Cl-].[Hf+2]=[Ge]([c]1ccccc1)[c]1ccccc1. The molecule has 44 heavy (non-hydrogen) atoms. The molecular formula is C40H40Cl2GeHf-2. The molecule has 0 radical (unpaired) electrons. The van der Waals surface area contributed by atoms with Crippen molar-refractivity contribution in [3.05, 3.63) is 168 Å². The number of benzene rings is 4. The quantitative estimate of drug-likeness (QED) is 0.179. The third-order valence-electron chi connectivity index (χ3n) is 7.54. The predicted octanol–water partition coefficient (Wildman–Crippen LogP) is 3.23. The molecule has 0 spiro atoms. The normalized spacial score (nSPS) is 9.77. The summed E-state index contributed by atoms with van der Waals surface area (Å²) < 4.78 is 3.20. The molecule has 224 valence electrons. The van der Waals surface area contributed by atoms with Crippen LogP contribution >= 0.6 is 0 Å². The molecule has 6 aromatic carbocycles. The topological polar surface area (TPSA) is 0 Å². The van der Waals surface area contributed by atoms with Gasteiger partial charge in [0.05, 0.1) is 0 Å². The number of hydrogen-bond acceptors (Lipinski definition) is 0. The molecule has 0 unspecified atom stereocenters. The van der Waals surface area contributed by atoms with Gasteiger partial charge < -0.3 is 24.8 Å². The molecule has 0 aliphatic rings. The van der Waals surface area contributed by atoms with Crippen molar-refractivity contribution in [1.29, 1.82) is 0 Å². The van der Waals surface area contributed by atoms with E-state index < -0.39 is 10.1 Å². The van der Waals surface area contributed by atoms with Gasteiger partial charge >= 0.3 is 101 Å². The molecule has 0 saturated carbocycles. The fourth-order valence-electron chi connectivity index (χ4n) is 4.88. The molecule has 0 nitrogen and oxygen atoms in total. The third-order valence-corrected chi connectivity index (χ3v) is 22.1. The van der Waals surface area contributed by atoms with E-state index in [1.807, 2.05) is 0 Å². The van der Waals surface area contributed by atoms with Gasteiger partial charge in [0.1, 0.15) is 0 Å². The van der Waals surface area contributed by atoms with Crippen molar-refractivity contribution >= 4 is 18.8 Å². The van der Waals surface area contributed by atoms with Gasteiger partial charge in [0.15, 0.2) is 0 Å². The number of rotatable bonds is 6. The van der Waals surface area contributed by atoms with Crippen molar-refractivity contribution in [1.82, 2.24) is 0 Å². The average molecular weight is 843 g/mol. The van der Waals surface area contributed by atoms with Crippen molar-refractivity contribution in [3.63, 3.8) is 0 Å².